The van der Waals surface area contributed by atoms with Gasteiger partial charge >= 0.3 is 0 Å². The highest BCUT2D eigenvalue weighted by Crippen LogP contribution is 2.42. The molecular weight excluding hydrogens is 801 g/mol. The summed E-state index contributed by atoms with van der Waals surface area (Å²) in [5.41, 5.74) is 7.33. The van der Waals surface area contributed by atoms with Crippen LogP contribution in [0.25, 0.3) is 5.00 Å². The molecule has 4 aliphatic rings. The molecule has 2 fully saturated rings. The van der Waals surface area contributed by atoms with Gasteiger partial charge in [0.25, 0.3) is 0 Å². The summed E-state index contributed by atoms with van der Waals surface area (Å²) in [5, 5.41) is 31.6. The van der Waals surface area contributed by atoms with E-state index >= 15 is 8.78 Å². The van der Waals surface area contributed by atoms with Gasteiger partial charge in [0, 0.05) is 84.7 Å². The molecule has 0 bridgehead atoms. The van der Waals surface area contributed by atoms with Crippen LogP contribution in [0.3, 0.4) is 0 Å². The van der Waals surface area contributed by atoms with Gasteiger partial charge in [-0.3, -0.25) is 14.5 Å². The SMILES string of the molecule is Cc1sc2c(c1C)C(c1ccc(N3CCC(O)(CN4CCN(c5cc(F)c([C@@H]6CCCc7cc(O)ccc76)c(F)c5)CC4)CC3)cc1)=N[C@@H](C)c1nnc(C)n1-2.c1ccccc1. The van der Waals surface area contributed by atoms with Crippen LogP contribution in [-0.2, 0) is 6.42 Å². The Kier molecular flexibility index (Phi) is 11.7. The lowest BCUT2D eigenvalue weighted by atomic mass is 9.78. The van der Waals surface area contributed by atoms with Crippen LogP contribution < -0.4 is 9.80 Å². The van der Waals surface area contributed by atoms with Crippen LogP contribution in [0, 0.1) is 32.4 Å². The Balaban J connectivity index is 0.000000754. The molecule has 2 N–H and O–H groups in total. The molecule has 322 valence electrons. The number of nitrogens with zero attached hydrogens (tertiary/aromatic N) is 7. The van der Waals surface area contributed by atoms with Crippen LogP contribution in [-0.4, -0.2) is 87.0 Å². The molecule has 12 heteroatoms. The van der Waals surface area contributed by atoms with Gasteiger partial charge in [-0.1, -0.05) is 54.6 Å². The monoisotopic (exact) mass is 855 g/mol. The number of hydrogen-bond acceptors (Lipinski definition) is 9. The molecule has 9 nitrogen and oxygen atoms in total. The van der Waals surface area contributed by atoms with E-state index < -0.39 is 17.2 Å². The first-order valence-electron chi connectivity index (χ1n) is 21.9. The van der Waals surface area contributed by atoms with Crippen LogP contribution >= 0.6 is 11.3 Å². The number of aliphatic hydroxyl groups is 1. The Morgan fingerprint density at radius 3 is 2.10 bits per heavy atom. The zero-order valence-corrected chi connectivity index (χ0v) is 36.8. The molecular formula is C50H55F2N7O2S. The molecule has 2 aromatic heterocycles. The summed E-state index contributed by atoms with van der Waals surface area (Å²) in [4.78, 5) is 13.1. The number of phenols is 1. The minimum absolute atomic E-state index is 0.122. The van der Waals surface area contributed by atoms with Crippen LogP contribution in [0.15, 0.2) is 96.0 Å². The molecule has 5 heterocycles. The molecule has 0 amide bonds. The minimum Gasteiger partial charge on any atom is -0.508 e. The number of hydrogen-bond donors (Lipinski definition) is 2. The van der Waals surface area contributed by atoms with Gasteiger partial charge in [-0.2, -0.15) is 0 Å². The van der Waals surface area contributed by atoms with Crippen molar-refractivity contribution in [2.45, 2.75) is 77.4 Å². The van der Waals surface area contributed by atoms with E-state index in [0.29, 0.717) is 57.7 Å². The van der Waals surface area contributed by atoms with Gasteiger partial charge in [0.05, 0.1) is 11.3 Å². The first-order chi connectivity index (χ1) is 30.0. The maximum Gasteiger partial charge on any atom is 0.162 e. The summed E-state index contributed by atoms with van der Waals surface area (Å²) < 4.78 is 33.5. The van der Waals surface area contributed by atoms with E-state index in [1.54, 1.807) is 23.5 Å². The maximum absolute atomic E-state index is 15.7. The molecule has 1 aliphatic carbocycles. The molecule has 2 saturated heterocycles. The van der Waals surface area contributed by atoms with Crippen molar-refractivity contribution in [3.63, 3.8) is 0 Å². The number of fused-ring (bicyclic) bond motifs is 4. The lowest BCUT2D eigenvalue weighted by Crippen LogP contribution is -2.55. The van der Waals surface area contributed by atoms with E-state index in [-0.39, 0.29) is 23.3 Å². The van der Waals surface area contributed by atoms with E-state index in [4.69, 9.17) is 4.99 Å². The van der Waals surface area contributed by atoms with E-state index in [2.05, 4.69) is 69.6 Å². The minimum atomic E-state index is -0.793. The van der Waals surface area contributed by atoms with Crippen molar-refractivity contribution in [1.29, 1.82) is 0 Å². The average Bonchev–Trinajstić information content (AvgIpc) is 3.77. The van der Waals surface area contributed by atoms with Gasteiger partial charge in [-0.05, 0) is 113 Å². The lowest BCUT2D eigenvalue weighted by molar-refractivity contribution is -0.0173. The van der Waals surface area contributed by atoms with Gasteiger partial charge in [0.15, 0.2) is 5.82 Å². The standard InChI is InChI=1S/C44H49F2N7O2S.C6H6/c1-26-28(3)56-43-39(26)41(47-27(2)42-49-48-29(4)53(42)43)30-8-10-32(11-9-30)51-16-14-44(55,15-17-51)25-50-18-20-52(21-19-50)33-23-37(45)40(38(46)24-33)36-7-5-6-31-22-34(54)12-13-35(31)36;1-2-4-6-5-3-1/h8-13,22-24,27,36,54-55H,5-7,14-21,25H2,1-4H3;1-6H/t27-,36+;/m0./s1. The lowest BCUT2D eigenvalue weighted by Gasteiger charge is -2.44. The van der Waals surface area contributed by atoms with Gasteiger partial charge in [-0.15, -0.1) is 21.5 Å². The number of halogens is 2. The Morgan fingerprint density at radius 1 is 0.790 bits per heavy atom. The van der Waals surface area contributed by atoms with Crippen LogP contribution in [0.5, 0.6) is 5.75 Å². The summed E-state index contributed by atoms with van der Waals surface area (Å²) in [6.07, 6.45) is 3.62. The third-order valence-electron chi connectivity index (χ3n) is 13.3. The summed E-state index contributed by atoms with van der Waals surface area (Å²) in [7, 11) is 0. The van der Waals surface area contributed by atoms with E-state index in [0.717, 1.165) is 76.2 Å². The molecule has 0 radical (unpaired) electrons. The number of thiophene rings is 1. The van der Waals surface area contributed by atoms with Crippen LogP contribution in [0.1, 0.15) is 94.5 Å². The fourth-order valence-corrected chi connectivity index (χ4v) is 11.0. The Morgan fingerprint density at radius 2 is 1.44 bits per heavy atom. The van der Waals surface area contributed by atoms with Gasteiger partial charge in [-0.25, -0.2) is 8.78 Å². The number of anilines is 2. The highest BCUT2D eigenvalue weighted by molar-refractivity contribution is 7.15. The van der Waals surface area contributed by atoms with Gasteiger partial charge in [0.2, 0.25) is 0 Å². The largest absolute Gasteiger partial charge is 0.508 e. The number of piperazine rings is 1. The van der Waals surface area contributed by atoms with Crippen molar-refractivity contribution in [3.05, 3.63) is 153 Å². The Labute approximate surface area is 367 Å². The van der Waals surface area contributed by atoms with Crippen molar-refractivity contribution < 1.29 is 19.0 Å². The second-order valence-electron chi connectivity index (χ2n) is 17.4. The fourth-order valence-electron chi connectivity index (χ4n) is 9.80. The Hall–Kier alpha value is -5.43. The first kappa shape index (κ1) is 41.9. The molecule has 10 rings (SSSR count). The second-order valence-corrected chi connectivity index (χ2v) is 18.6. The van der Waals surface area contributed by atoms with Gasteiger partial charge < -0.3 is 20.0 Å². The molecule has 62 heavy (non-hydrogen) atoms. The summed E-state index contributed by atoms with van der Waals surface area (Å²) in [6.45, 7) is 13.2. The normalized spacial score (nSPS) is 19.7. The predicted octanol–water partition coefficient (Wildman–Crippen LogP) is 9.46. The number of β-amino-alcohol motifs (C(OH)–C–C–N with tert-alkyl or cyclic N) is 1. The molecule has 3 aliphatic heterocycles. The number of rotatable bonds is 6. The summed E-state index contributed by atoms with van der Waals surface area (Å²) in [6, 6.07) is 28.7. The van der Waals surface area contributed by atoms with Crippen molar-refractivity contribution in [2.75, 3.05) is 55.6 Å². The Bertz CT molecular complexity index is 2520. The van der Waals surface area contributed by atoms with E-state index in [1.165, 1.54) is 22.6 Å². The smallest absolute Gasteiger partial charge is 0.162 e. The highest BCUT2D eigenvalue weighted by atomic mass is 32.1. The fraction of sp³-hybridized carbons (Fsp3) is 0.380. The zero-order chi connectivity index (χ0) is 43.1. The maximum atomic E-state index is 15.7. The first-order valence-corrected chi connectivity index (χ1v) is 22.7. The topological polar surface area (TPSA) is 93.2 Å². The van der Waals surface area contributed by atoms with Crippen molar-refractivity contribution in [1.82, 2.24) is 19.7 Å². The molecule has 6 aromatic rings. The van der Waals surface area contributed by atoms with Crippen LogP contribution in [0.2, 0.25) is 0 Å². The van der Waals surface area contributed by atoms with Crippen molar-refractivity contribution in [3.8, 4) is 10.8 Å². The third kappa shape index (κ3) is 8.27. The molecule has 0 spiro atoms. The number of phenolic OH excluding ortho intramolecular Hbond substituents is 1. The van der Waals surface area contributed by atoms with Gasteiger partial charge in [0.1, 0.15) is 34.3 Å². The molecule has 2 atom stereocenters. The average molecular weight is 856 g/mol. The number of aromatic nitrogens is 3. The summed E-state index contributed by atoms with van der Waals surface area (Å²) >= 11 is 1.76. The van der Waals surface area contributed by atoms with Crippen molar-refractivity contribution in [2.24, 2.45) is 4.99 Å². The van der Waals surface area contributed by atoms with E-state index in [9.17, 15) is 10.2 Å². The third-order valence-corrected chi connectivity index (χ3v) is 14.5. The second kappa shape index (κ2) is 17.4. The zero-order valence-electron chi connectivity index (χ0n) is 36.0. The van der Waals surface area contributed by atoms with Crippen molar-refractivity contribution >= 4 is 28.4 Å². The highest BCUT2D eigenvalue weighted by Gasteiger charge is 2.36. The number of aliphatic imine (C=N–C) groups is 1. The number of benzene rings is 4. The molecule has 0 saturated carbocycles. The predicted molar refractivity (Wildman–Crippen MR) is 245 cm³/mol. The van der Waals surface area contributed by atoms with E-state index in [1.807, 2.05) is 54.3 Å². The summed E-state index contributed by atoms with van der Waals surface area (Å²) in [5.74, 6) is 0.524. The number of aryl methyl sites for hydroxylation is 3. The number of piperidine rings is 1. The van der Waals surface area contributed by atoms with Crippen LogP contribution in [0.4, 0.5) is 20.2 Å². The molecule has 4 aromatic carbocycles. The quantitative estimate of drug-likeness (QED) is 0.173. The number of aromatic hydroxyl groups is 1. The molecule has 0 unspecified atom stereocenters.